The molecule has 0 amide bonds. The van der Waals surface area contributed by atoms with Gasteiger partial charge in [-0.15, -0.1) is 0 Å². The Labute approximate surface area is 181 Å². The molecule has 1 aromatic carbocycles. The Morgan fingerprint density at radius 2 is 2.07 bits per heavy atom. The van der Waals surface area contributed by atoms with Crippen molar-refractivity contribution in [1.82, 2.24) is 4.90 Å². The van der Waals surface area contributed by atoms with E-state index in [-0.39, 0.29) is 6.10 Å². The van der Waals surface area contributed by atoms with Crippen molar-refractivity contribution >= 4 is 0 Å². The molecule has 4 heteroatoms. The van der Waals surface area contributed by atoms with Crippen molar-refractivity contribution in [2.45, 2.75) is 51.6 Å². The Morgan fingerprint density at radius 3 is 2.83 bits per heavy atom. The van der Waals surface area contributed by atoms with Crippen molar-refractivity contribution in [3.8, 4) is 11.5 Å². The Balaban J connectivity index is 1.38. The fourth-order valence-electron chi connectivity index (χ4n) is 7.00. The summed E-state index contributed by atoms with van der Waals surface area (Å²) in [5, 5.41) is 0. The summed E-state index contributed by atoms with van der Waals surface area (Å²) in [5.74, 6) is 3.54. The SMILES string of the molecule is C=C1[C@@H]2C[C@@H]3[C@@H](c4cccc(OC)c4OCCN4CCCCC4)OCCC3(C2)[C@@H]1C. The van der Waals surface area contributed by atoms with E-state index >= 15 is 0 Å². The molecule has 0 N–H and O–H groups in total. The summed E-state index contributed by atoms with van der Waals surface area (Å²) < 4.78 is 18.6. The quantitative estimate of drug-likeness (QED) is 0.599. The fourth-order valence-corrected chi connectivity index (χ4v) is 7.00. The van der Waals surface area contributed by atoms with E-state index in [0.29, 0.717) is 29.8 Å². The van der Waals surface area contributed by atoms with Crippen molar-refractivity contribution in [3.63, 3.8) is 0 Å². The topological polar surface area (TPSA) is 30.9 Å². The normalized spacial score (nSPS) is 36.0. The molecule has 4 nitrogen and oxygen atoms in total. The second-order valence-electron chi connectivity index (χ2n) is 9.94. The molecule has 5 atom stereocenters. The lowest BCUT2D eigenvalue weighted by Gasteiger charge is -2.48. The summed E-state index contributed by atoms with van der Waals surface area (Å²) in [4.78, 5) is 2.52. The first-order chi connectivity index (χ1) is 14.6. The number of likely N-dealkylation sites (tertiary alicyclic amines) is 1. The standard InChI is InChI=1S/C26H37NO3/c1-18-19(2)26-10-14-29-24(22(26)16-20(18)17-26)21-8-7-9-23(28-3)25(21)30-15-13-27-11-5-4-6-12-27/h7-9,19-20,22,24H,1,4-6,10-17H2,2-3H3/t19-,20-,22-,24-,26?/m1/s1. The first-order valence-electron chi connectivity index (χ1n) is 12.0. The van der Waals surface area contributed by atoms with Gasteiger partial charge in [-0.2, -0.15) is 0 Å². The van der Waals surface area contributed by atoms with Gasteiger partial charge in [0.25, 0.3) is 0 Å². The Morgan fingerprint density at radius 1 is 1.23 bits per heavy atom. The van der Waals surface area contributed by atoms with Crippen LogP contribution in [0.2, 0.25) is 0 Å². The van der Waals surface area contributed by atoms with E-state index in [0.717, 1.165) is 24.7 Å². The van der Waals surface area contributed by atoms with Crippen LogP contribution < -0.4 is 9.47 Å². The van der Waals surface area contributed by atoms with Crippen molar-refractivity contribution < 1.29 is 14.2 Å². The number of piperidine rings is 1. The van der Waals surface area contributed by atoms with Crippen molar-refractivity contribution in [3.05, 3.63) is 35.9 Å². The Bertz CT molecular complexity index is 786. The molecular formula is C26H37NO3. The summed E-state index contributed by atoms with van der Waals surface area (Å²) in [6.45, 7) is 11.7. The van der Waals surface area contributed by atoms with E-state index in [1.807, 2.05) is 6.07 Å². The molecule has 2 aliphatic carbocycles. The van der Waals surface area contributed by atoms with Crippen LogP contribution >= 0.6 is 0 Å². The minimum atomic E-state index is 0.0967. The summed E-state index contributed by atoms with van der Waals surface area (Å²) in [6.07, 6.45) is 7.75. The van der Waals surface area contributed by atoms with Gasteiger partial charge in [-0.25, -0.2) is 0 Å². The van der Waals surface area contributed by atoms with Gasteiger partial charge in [0.1, 0.15) is 6.61 Å². The van der Waals surface area contributed by atoms with Crippen LogP contribution in [-0.4, -0.2) is 44.9 Å². The first-order valence-corrected chi connectivity index (χ1v) is 12.0. The second-order valence-corrected chi connectivity index (χ2v) is 9.94. The molecule has 4 fully saturated rings. The minimum absolute atomic E-state index is 0.0967. The summed E-state index contributed by atoms with van der Waals surface area (Å²) >= 11 is 0. The molecule has 4 aliphatic rings. The number of para-hydroxylation sites is 1. The maximum atomic E-state index is 6.47. The van der Waals surface area contributed by atoms with Crippen LogP contribution in [0.4, 0.5) is 0 Å². The number of ether oxygens (including phenoxy) is 3. The molecule has 1 spiro atoms. The molecule has 5 rings (SSSR count). The molecule has 0 aromatic heterocycles. The van der Waals surface area contributed by atoms with Gasteiger partial charge in [0.05, 0.1) is 13.2 Å². The summed E-state index contributed by atoms with van der Waals surface area (Å²) in [6, 6.07) is 6.31. The molecule has 2 saturated carbocycles. The lowest BCUT2D eigenvalue weighted by atomic mass is 9.62. The highest BCUT2D eigenvalue weighted by Crippen LogP contribution is 2.69. The van der Waals surface area contributed by atoms with E-state index in [2.05, 4.69) is 30.5 Å². The summed E-state index contributed by atoms with van der Waals surface area (Å²) in [5.41, 5.74) is 3.02. The molecular weight excluding hydrogens is 374 g/mol. The average Bonchev–Trinajstić information content (AvgIpc) is 3.29. The third-order valence-electron chi connectivity index (χ3n) is 8.72. The van der Waals surface area contributed by atoms with Gasteiger partial charge in [-0.3, -0.25) is 4.90 Å². The second kappa shape index (κ2) is 8.20. The number of rotatable bonds is 6. The molecule has 2 bridgehead atoms. The van der Waals surface area contributed by atoms with Gasteiger partial charge in [-0.1, -0.05) is 37.6 Å². The Kier molecular flexibility index (Phi) is 5.57. The van der Waals surface area contributed by atoms with Crippen LogP contribution in [0.15, 0.2) is 30.4 Å². The van der Waals surface area contributed by atoms with Crippen LogP contribution in [-0.2, 0) is 4.74 Å². The Hall–Kier alpha value is -1.52. The maximum absolute atomic E-state index is 6.47. The zero-order valence-electron chi connectivity index (χ0n) is 18.7. The van der Waals surface area contributed by atoms with Crippen LogP contribution in [0.1, 0.15) is 57.1 Å². The van der Waals surface area contributed by atoms with Gasteiger partial charge >= 0.3 is 0 Å². The minimum Gasteiger partial charge on any atom is -0.493 e. The average molecular weight is 412 g/mol. The van der Waals surface area contributed by atoms with Gasteiger partial charge in [0.2, 0.25) is 0 Å². The maximum Gasteiger partial charge on any atom is 0.167 e. The highest BCUT2D eigenvalue weighted by molar-refractivity contribution is 5.48. The number of hydrogen-bond donors (Lipinski definition) is 0. The molecule has 1 aromatic rings. The van der Waals surface area contributed by atoms with Crippen LogP contribution in [0.5, 0.6) is 11.5 Å². The zero-order valence-corrected chi connectivity index (χ0v) is 18.7. The van der Waals surface area contributed by atoms with Gasteiger partial charge in [-0.05, 0) is 74.4 Å². The number of hydrogen-bond acceptors (Lipinski definition) is 4. The van der Waals surface area contributed by atoms with Crippen molar-refractivity contribution in [2.24, 2.45) is 23.2 Å². The van der Waals surface area contributed by atoms with Crippen molar-refractivity contribution in [1.29, 1.82) is 0 Å². The van der Waals surface area contributed by atoms with E-state index in [4.69, 9.17) is 14.2 Å². The van der Waals surface area contributed by atoms with E-state index < -0.39 is 0 Å². The largest absolute Gasteiger partial charge is 0.493 e. The first kappa shape index (κ1) is 20.4. The highest BCUT2D eigenvalue weighted by Gasteiger charge is 2.61. The van der Waals surface area contributed by atoms with Gasteiger partial charge in [0, 0.05) is 18.7 Å². The van der Waals surface area contributed by atoms with E-state index in [1.165, 1.54) is 62.8 Å². The number of fused-ring (bicyclic) bond motifs is 1. The van der Waals surface area contributed by atoms with Crippen LogP contribution in [0, 0.1) is 23.2 Å². The number of methoxy groups -OCH3 is 1. The van der Waals surface area contributed by atoms with E-state index in [9.17, 15) is 0 Å². The molecule has 30 heavy (non-hydrogen) atoms. The summed E-state index contributed by atoms with van der Waals surface area (Å²) in [7, 11) is 1.74. The molecule has 2 aliphatic heterocycles. The predicted molar refractivity (Wildman–Crippen MR) is 119 cm³/mol. The molecule has 1 unspecified atom stereocenters. The third kappa shape index (κ3) is 3.27. The smallest absolute Gasteiger partial charge is 0.167 e. The number of benzene rings is 1. The van der Waals surface area contributed by atoms with Gasteiger partial charge in [0.15, 0.2) is 11.5 Å². The highest BCUT2D eigenvalue weighted by atomic mass is 16.5. The predicted octanol–water partition coefficient (Wildman–Crippen LogP) is 5.24. The zero-order chi connectivity index (χ0) is 20.7. The van der Waals surface area contributed by atoms with Crippen LogP contribution in [0.25, 0.3) is 0 Å². The van der Waals surface area contributed by atoms with Crippen LogP contribution in [0.3, 0.4) is 0 Å². The number of allylic oxidation sites excluding steroid dienone is 1. The van der Waals surface area contributed by atoms with E-state index in [1.54, 1.807) is 7.11 Å². The third-order valence-corrected chi connectivity index (χ3v) is 8.72. The molecule has 164 valence electrons. The van der Waals surface area contributed by atoms with Crippen molar-refractivity contribution in [2.75, 3.05) is 40.0 Å². The fraction of sp³-hybridized carbons (Fsp3) is 0.692. The monoisotopic (exact) mass is 411 g/mol. The molecule has 0 radical (unpaired) electrons. The molecule has 2 saturated heterocycles. The van der Waals surface area contributed by atoms with Gasteiger partial charge < -0.3 is 14.2 Å². The molecule has 2 heterocycles. The number of nitrogens with zero attached hydrogens (tertiary/aromatic N) is 1. The lowest BCUT2D eigenvalue weighted by molar-refractivity contribution is -0.107. The lowest BCUT2D eigenvalue weighted by Crippen LogP contribution is -2.42.